The number of amides is 1. The number of hydrogen-bond donors (Lipinski definition) is 0. The second-order valence-electron chi connectivity index (χ2n) is 6.38. The van der Waals surface area contributed by atoms with E-state index in [0.29, 0.717) is 30.2 Å². The van der Waals surface area contributed by atoms with Crippen LogP contribution in [-0.2, 0) is 0 Å². The van der Waals surface area contributed by atoms with E-state index in [1.165, 1.54) is 0 Å². The molecule has 0 bridgehead atoms. The zero-order valence-corrected chi connectivity index (χ0v) is 14.1. The largest absolute Gasteiger partial charge is 0.454 e. The highest BCUT2D eigenvalue weighted by molar-refractivity contribution is 5.95. The lowest BCUT2D eigenvalue weighted by Gasteiger charge is -2.36. The number of carbonyl (C=O) groups is 1. The van der Waals surface area contributed by atoms with Crippen molar-refractivity contribution in [2.75, 3.05) is 44.7 Å². The van der Waals surface area contributed by atoms with Crippen molar-refractivity contribution in [3.63, 3.8) is 0 Å². The standard InChI is InChI=1S/C19H18N2O5/c22-19(13-1-3-15-17(9-13)25-11-23-15)21-7-5-20(6-8-21)14-2-4-16-18(10-14)26-12-24-16/h1-4,9-10H,5-8,11-12H2. The number of fused-ring (bicyclic) bond motifs is 2. The van der Waals surface area contributed by atoms with Crippen LogP contribution >= 0.6 is 0 Å². The van der Waals surface area contributed by atoms with Gasteiger partial charge in [0.2, 0.25) is 13.6 Å². The molecule has 134 valence electrons. The molecule has 0 N–H and O–H groups in total. The topological polar surface area (TPSA) is 60.5 Å². The summed E-state index contributed by atoms with van der Waals surface area (Å²) in [6, 6.07) is 11.3. The molecule has 0 unspecified atom stereocenters. The molecule has 1 amide bonds. The van der Waals surface area contributed by atoms with Crippen LogP contribution in [-0.4, -0.2) is 50.6 Å². The Morgan fingerprint density at radius 1 is 0.731 bits per heavy atom. The maximum atomic E-state index is 12.8. The fourth-order valence-electron chi connectivity index (χ4n) is 3.46. The molecular formula is C19H18N2O5. The summed E-state index contributed by atoms with van der Waals surface area (Å²) in [5.74, 6) is 2.91. The Balaban J connectivity index is 1.26. The Bertz CT molecular complexity index is 861. The normalized spacial score (nSPS) is 17.5. The monoisotopic (exact) mass is 354 g/mol. The lowest BCUT2D eigenvalue weighted by atomic mass is 10.1. The Kier molecular flexibility index (Phi) is 3.51. The van der Waals surface area contributed by atoms with Gasteiger partial charge in [0.05, 0.1) is 0 Å². The first kappa shape index (κ1) is 15.2. The quantitative estimate of drug-likeness (QED) is 0.823. The van der Waals surface area contributed by atoms with E-state index in [0.717, 1.165) is 30.3 Å². The van der Waals surface area contributed by atoms with Crippen LogP contribution in [0, 0.1) is 0 Å². The Morgan fingerprint density at radius 2 is 1.35 bits per heavy atom. The van der Waals surface area contributed by atoms with Gasteiger partial charge in [-0.1, -0.05) is 0 Å². The summed E-state index contributed by atoms with van der Waals surface area (Å²) >= 11 is 0. The van der Waals surface area contributed by atoms with Crippen LogP contribution in [0.25, 0.3) is 0 Å². The molecule has 0 atom stereocenters. The minimum absolute atomic E-state index is 0.0219. The molecule has 1 fully saturated rings. The summed E-state index contributed by atoms with van der Waals surface area (Å²) in [5.41, 5.74) is 1.72. The van der Waals surface area contributed by atoms with Gasteiger partial charge in [0.25, 0.3) is 5.91 Å². The van der Waals surface area contributed by atoms with E-state index in [9.17, 15) is 4.79 Å². The van der Waals surface area contributed by atoms with Crippen molar-refractivity contribution >= 4 is 11.6 Å². The van der Waals surface area contributed by atoms with Crippen molar-refractivity contribution in [1.82, 2.24) is 4.90 Å². The highest BCUT2D eigenvalue weighted by Crippen LogP contribution is 2.36. The van der Waals surface area contributed by atoms with Gasteiger partial charge in [-0.2, -0.15) is 0 Å². The van der Waals surface area contributed by atoms with Gasteiger partial charge in [0.1, 0.15) is 0 Å². The van der Waals surface area contributed by atoms with Crippen molar-refractivity contribution in [1.29, 1.82) is 0 Å². The maximum absolute atomic E-state index is 12.8. The third-order valence-electron chi connectivity index (χ3n) is 4.91. The second kappa shape index (κ2) is 6.01. The summed E-state index contributed by atoms with van der Waals surface area (Å²) in [5, 5.41) is 0. The molecule has 0 spiro atoms. The molecule has 2 aromatic rings. The number of ether oxygens (including phenoxy) is 4. The van der Waals surface area contributed by atoms with Crippen LogP contribution in [0.4, 0.5) is 5.69 Å². The first-order valence-electron chi connectivity index (χ1n) is 8.61. The minimum Gasteiger partial charge on any atom is -0.454 e. The highest BCUT2D eigenvalue weighted by atomic mass is 16.7. The Morgan fingerprint density at radius 3 is 2.08 bits per heavy atom. The van der Waals surface area contributed by atoms with Gasteiger partial charge in [-0.15, -0.1) is 0 Å². The SMILES string of the molecule is O=C(c1ccc2c(c1)OCO2)N1CCN(c2ccc3c(c2)OCO3)CC1. The molecule has 3 aliphatic heterocycles. The molecule has 0 aliphatic carbocycles. The van der Waals surface area contributed by atoms with Gasteiger partial charge in [-0.05, 0) is 30.3 Å². The number of benzene rings is 2. The molecule has 26 heavy (non-hydrogen) atoms. The van der Waals surface area contributed by atoms with E-state index in [4.69, 9.17) is 18.9 Å². The first-order chi connectivity index (χ1) is 12.8. The molecule has 7 nitrogen and oxygen atoms in total. The smallest absolute Gasteiger partial charge is 0.254 e. The van der Waals surface area contributed by atoms with Crippen molar-refractivity contribution < 1.29 is 23.7 Å². The third-order valence-corrected chi connectivity index (χ3v) is 4.91. The molecule has 1 saturated heterocycles. The van der Waals surface area contributed by atoms with Crippen LogP contribution in [0.3, 0.4) is 0 Å². The van der Waals surface area contributed by atoms with Crippen LogP contribution in [0.5, 0.6) is 23.0 Å². The average molecular weight is 354 g/mol. The number of hydrogen-bond acceptors (Lipinski definition) is 6. The van der Waals surface area contributed by atoms with Crippen LogP contribution in [0.1, 0.15) is 10.4 Å². The second-order valence-corrected chi connectivity index (χ2v) is 6.38. The number of anilines is 1. The van der Waals surface area contributed by atoms with E-state index in [-0.39, 0.29) is 19.5 Å². The third kappa shape index (κ3) is 2.56. The lowest BCUT2D eigenvalue weighted by Crippen LogP contribution is -2.48. The van der Waals surface area contributed by atoms with Gasteiger partial charge in [0.15, 0.2) is 23.0 Å². The number of rotatable bonds is 2. The van der Waals surface area contributed by atoms with E-state index < -0.39 is 0 Å². The fourth-order valence-corrected chi connectivity index (χ4v) is 3.46. The van der Waals surface area contributed by atoms with Crippen LogP contribution < -0.4 is 23.8 Å². The molecule has 3 aliphatic rings. The first-order valence-corrected chi connectivity index (χ1v) is 8.61. The zero-order valence-electron chi connectivity index (χ0n) is 14.1. The van der Waals surface area contributed by atoms with Crippen molar-refractivity contribution in [3.05, 3.63) is 42.0 Å². The summed E-state index contributed by atoms with van der Waals surface area (Å²) in [4.78, 5) is 16.9. The predicted molar refractivity (Wildman–Crippen MR) is 93.2 cm³/mol. The summed E-state index contributed by atoms with van der Waals surface area (Å²) in [6.45, 7) is 3.37. The van der Waals surface area contributed by atoms with Crippen LogP contribution in [0.2, 0.25) is 0 Å². The summed E-state index contributed by atoms with van der Waals surface area (Å²) < 4.78 is 21.5. The molecular weight excluding hydrogens is 336 g/mol. The molecule has 0 aromatic heterocycles. The van der Waals surface area contributed by atoms with E-state index in [2.05, 4.69) is 4.90 Å². The Labute approximate surface area is 150 Å². The van der Waals surface area contributed by atoms with Gasteiger partial charge >= 0.3 is 0 Å². The molecule has 3 heterocycles. The van der Waals surface area contributed by atoms with E-state index >= 15 is 0 Å². The molecule has 0 saturated carbocycles. The number of nitrogens with zero attached hydrogens (tertiary/aromatic N) is 2. The van der Waals surface area contributed by atoms with Crippen molar-refractivity contribution in [2.45, 2.75) is 0 Å². The average Bonchev–Trinajstić information content (AvgIpc) is 3.35. The van der Waals surface area contributed by atoms with Gasteiger partial charge < -0.3 is 28.7 Å². The minimum atomic E-state index is 0.0219. The van der Waals surface area contributed by atoms with Gasteiger partial charge in [-0.3, -0.25) is 4.79 Å². The predicted octanol–water partition coefficient (Wildman–Crippen LogP) is 2.11. The summed E-state index contributed by atoms with van der Waals surface area (Å²) in [7, 11) is 0. The molecule has 2 aromatic carbocycles. The van der Waals surface area contributed by atoms with Gasteiger partial charge in [-0.25, -0.2) is 0 Å². The summed E-state index contributed by atoms with van der Waals surface area (Å²) in [6.07, 6.45) is 0. The van der Waals surface area contributed by atoms with Crippen LogP contribution in [0.15, 0.2) is 36.4 Å². The fraction of sp³-hybridized carbons (Fsp3) is 0.316. The Hall–Kier alpha value is -3.09. The highest BCUT2D eigenvalue weighted by Gasteiger charge is 2.25. The van der Waals surface area contributed by atoms with Crippen molar-refractivity contribution in [2.24, 2.45) is 0 Å². The van der Waals surface area contributed by atoms with Crippen molar-refractivity contribution in [3.8, 4) is 23.0 Å². The molecule has 0 radical (unpaired) electrons. The van der Waals surface area contributed by atoms with Gasteiger partial charge in [0, 0.05) is 43.5 Å². The molecule has 5 rings (SSSR count). The van der Waals surface area contributed by atoms with E-state index in [1.54, 1.807) is 18.2 Å². The molecule has 7 heteroatoms. The number of carbonyl (C=O) groups excluding carboxylic acids is 1. The maximum Gasteiger partial charge on any atom is 0.254 e. The number of piperazine rings is 1. The zero-order chi connectivity index (χ0) is 17.5. The van der Waals surface area contributed by atoms with E-state index in [1.807, 2.05) is 23.1 Å². The lowest BCUT2D eigenvalue weighted by molar-refractivity contribution is 0.0746.